The Bertz CT molecular complexity index is 1180. The Kier molecular flexibility index (Phi) is 13.1. The van der Waals surface area contributed by atoms with Gasteiger partial charge in [0, 0.05) is 0 Å². The number of unbranched alkanes of at least 4 members (excludes halogenated alkanes) is 6. The predicted molar refractivity (Wildman–Crippen MR) is 158 cm³/mol. The maximum absolute atomic E-state index is 12.9. The van der Waals surface area contributed by atoms with Crippen molar-refractivity contribution in [2.24, 2.45) is 0 Å². The van der Waals surface area contributed by atoms with Gasteiger partial charge in [-0.15, -0.1) is 0 Å². The van der Waals surface area contributed by atoms with Gasteiger partial charge in [0.1, 0.15) is 23.0 Å². The summed E-state index contributed by atoms with van der Waals surface area (Å²) in [7, 11) is 0. The van der Waals surface area contributed by atoms with E-state index in [1.165, 1.54) is 25.7 Å². The smallest absolute Gasteiger partial charge is 0.343 e. The summed E-state index contributed by atoms with van der Waals surface area (Å²) in [5, 5.41) is 0. The van der Waals surface area contributed by atoms with E-state index in [0.29, 0.717) is 47.8 Å². The molecule has 3 aromatic carbocycles. The minimum Gasteiger partial charge on any atom is -0.494 e. The molecule has 0 amide bonds. The second-order valence-corrected chi connectivity index (χ2v) is 9.77. The normalized spacial score (nSPS) is 10.7. The monoisotopic (exact) mass is 546 g/mol. The summed E-state index contributed by atoms with van der Waals surface area (Å²) < 4.78 is 22.6. The quantitative estimate of drug-likeness (QED) is 0.0959. The van der Waals surface area contributed by atoms with Crippen LogP contribution in [0.5, 0.6) is 23.0 Å². The zero-order chi connectivity index (χ0) is 28.6. The Hall–Kier alpha value is -3.80. The maximum atomic E-state index is 12.9. The van der Waals surface area contributed by atoms with Gasteiger partial charge in [-0.05, 0) is 91.6 Å². The second-order valence-electron chi connectivity index (χ2n) is 9.77. The molecule has 3 aromatic rings. The lowest BCUT2D eigenvalue weighted by atomic mass is 10.0. The summed E-state index contributed by atoms with van der Waals surface area (Å²) in [6, 6.07) is 19.0. The van der Waals surface area contributed by atoms with Crippen molar-refractivity contribution in [2.45, 2.75) is 78.6 Å². The fraction of sp³-hybridized carbons (Fsp3) is 0.412. The molecule has 0 aromatic heterocycles. The lowest BCUT2D eigenvalue weighted by molar-refractivity contribution is 0.0719. The van der Waals surface area contributed by atoms with Gasteiger partial charge in [-0.1, -0.05) is 59.3 Å². The van der Waals surface area contributed by atoms with Crippen LogP contribution >= 0.6 is 0 Å². The van der Waals surface area contributed by atoms with Crippen molar-refractivity contribution in [1.82, 2.24) is 0 Å². The highest BCUT2D eigenvalue weighted by atomic mass is 16.5. The maximum Gasteiger partial charge on any atom is 0.343 e. The summed E-state index contributed by atoms with van der Waals surface area (Å²) in [5.74, 6) is 1.39. The molecule has 0 heterocycles. The van der Waals surface area contributed by atoms with Crippen LogP contribution < -0.4 is 18.9 Å². The summed E-state index contributed by atoms with van der Waals surface area (Å²) in [4.78, 5) is 25.7. The Morgan fingerprint density at radius 2 is 1.02 bits per heavy atom. The Balaban J connectivity index is 1.53. The fourth-order valence-electron chi connectivity index (χ4n) is 4.19. The largest absolute Gasteiger partial charge is 0.494 e. The van der Waals surface area contributed by atoms with Crippen LogP contribution in [-0.4, -0.2) is 25.2 Å². The number of carbonyl (C=O) groups is 2. The zero-order valence-corrected chi connectivity index (χ0v) is 24.1. The van der Waals surface area contributed by atoms with E-state index in [1.807, 2.05) is 6.92 Å². The van der Waals surface area contributed by atoms with Crippen LogP contribution in [0.3, 0.4) is 0 Å². The van der Waals surface area contributed by atoms with Crippen LogP contribution in [0.1, 0.15) is 98.4 Å². The third kappa shape index (κ3) is 10.1. The molecule has 0 spiro atoms. The molecule has 0 bridgehead atoms. The van der Waals surface area contributed by atoms with Crippen molar-refractivity contribution in [3.63, 3.8) is 0 Å². The van der Waals surface area contributed by atoms with Gasteiger partial charge in [-0.25, -0.2) is 9.59 Å². The SMILES string of the molecule is CCCCCCOc1ccc(OC(=O)c2ccc(C(=O)Oc3ccc(OCCCCCC)cc3)c(CC)c2)cc1. The van der Waals surface area contributed by atoms with Crippen molar-refractivity contribution in [1.29, 1.82) is 0 Å². The molecular weight excluding hydrogens is 504 g/mol. The van der Waals surface area contributed by atoms with Crippen molar-refractivity contribution in [3.8, 4) is 23.0 Å². The molecule has 214 valence electrons. The van der Waals surface area contributed by atoms with Crippen molar-refractivity contribution in [3.05, 3.63) is 83.4 Å². The average molecular weight is 547 g/mol. The van der Waals surface area contributed by atoms with Crippen LogP contribution in [0.2, 0.25) is 0 Å². The highest BCUT2D eigenvalue weighted by Gasteiger charge is 2.17. The van der Waals surface area contributed by atoms with Gasteiger partial charge in [-0.2, -0.15) is 0 Å². The number of hydrogen-bond acceptors (Lipinski definition) is 6. The molecule has 6 nitrogen and oxygen atoms in total. The Morgan fingerprint density at radius 3 is 1.50 bits per heavy atom. The molecule has 0 aliphatic rings. The van der Waals surface area contributed by atoms with Crippen LogP contribution in [0.25, 0.3) is 0 Å². The first kappa shape index (κ1) is 30.7. The van der Waals surface area contributed by atoms with Gasteiger partial charge in [0.2, 0.25) is 0 Å². The first-order valence-corrected chi connectivity index (χ1v) is 14.6. The number of aryl methyl sites for hydroxylation is 1. The van der Waals surface area contributed by atoms with E-state index in [2.05, 4.69) is 13.8 Å². The van der Waals surface area contributed by atoms with E-state index >= 15 is 0 Å². The molecule has 0 N–H and O–H groups in total. The van der Waals surface area contributed by atoms with E-state index in [0.717, 1.165) is 37.2 Å². The lowest BCUT2D eigenvalue weighted by Gasteiger charge is -2.11. The summed E-state index contributed by atoms with van der Waals surface area (Å²) in [6.07, 6.45) is 9.72. The molecule has 0 unspecified atom stereocenters. The minimum atomic E-state index is -0.492. The van der Waals surface area contributed by atoms with E-state index < -0.39 is 11.9 Å². The van der Waals surface area contributed by atoms with E-state index in [-0.39, 0.29) is 0 Å². The summed E-state index contributed by atoms with van der Waals surface area (Å²) in [6.45, 7) is 7.63. The average Bonchev–Trinajstić information content (AvgIpc) is 2.98. The van der Waals surface area contributed by atoms with Crippen LogP contribution in [0, 0.1) is 0 Å². The van der Waals surface area contributed by atoms with Crippen LogP contribution in [0.15, 0.2) is 66.7 Å². The highest BCUT2D eigenvalue weighted by molar-refractivity contribution is 5.96. The molecule has 0 atom stereocenters. The Morgan fingerprint density at radius 1 is 0.550 bits per heavy atom. The molecule has 0 fully saturated rings. The van der Waals surface area contributed by atoms with Crippen LogP contribution in [-0.2, 0) is 6.42 Å². The van der Waals surface area contributed by atoms with Gasteiger partial charge in [-0.3, -0.25) is 0 Å². The predicted octanol–water partition coefficient (Wildman–Crippen LogP) is 8.61. The lowest BCUT2D eigenvalue weighted by Crippen LogP contribution is -2.14. The molecule has 0 aliphatic carbocycles. The number of hydrogen-bond donors (Lipinski definition) is 0. The standard InChI is InChI=1S/C34H42O6/c1-4-7-9-11-23-37-28-14-18-30(19-15-28)39-33(35)27-13-22-32(26(6-3)25-27)34(36)40-31-20-16-29(17-21-31)38-24-12-10-8-5-2/h13-22,25H,4-12,23-24H2,1-3H3. The van der Waals surface area contributed by atoms with Gasteiger partial charge in [0.15, 0.2) is 0 Å². The van der Waals surface area contributed by atoms with Crippen molar-refractivity contribution >= 4 is 11.9 Å². The molecule has 3 rings (SSSR count). The Labute approximate surface area is 238 Å². The van der Waals surface area contributed by atoms with Crippen molar-refractivity contribution < 1.29 is 28.5 Å². The molecule has 0 radical (unpaired) electrons. The fourth-order valence-corrected chi connectivity index (χ4v) is 4.19. The van der Waals surface area contributed by atoms with Crippen LogP contribution in [0.4, 0.5) is 0 Å². The molecule has 0 saturated carbocycles. The third-order valence-electron chi connectivity index (χ3n) is 6.54. The second kappa shape index (κ2) is 17.0. The molecular formula is C34H42O6. The van der Waals surface area contributed by atoms with E-state index in [4.69, 9.17) is 18.9 Å². The van der Waals surface area contributed by atoms with Gasteiger partial charge in [0.05, 0.1) is 24.3 Å². The minimum absolute atomic E-state index is 0.366. The van der Waals surface area contributed by atoms with Gasteiger partial charge < -0.3 is 18.9 Å². The molecule has 40 heavy (non-hydrogen) atoms. The van der Waals surface area contributed by atoms with Gasteiger partial charge in [0.25, 0.3) is 0 Å². The topological polar surface area (TPSA) is 71.1 Å². The third-order valence-corrected chi connectivity index (χ3v) is 6.54. The number of esters is 2. The summed E-state index contributed by atoms with van der Waals surface area (Å²) >= 11 is 0. The number of ether oxygens (including phenoxy) is 4. The zero-order valence-electron chi connectivity index (χ0n) is 24.1. The summed E-state index contributed by atoms with van der Waals surface area (Å²) in [5.41, 5.74) is 1.49. The first-order valence-electron chi connectivity index (χ1n) is 14.6. The van der Waals surface area contributed by atoms with E-state index in [9.17, 15) is 9.59 Å². The van der Waals surface area contributed by atoms with E-state index in [1.54, 1.807) is 66.7 Å². The highest BCUT2D eigenvalue weighted by Crippen LogP contribution is 2.23. The molecule has 6 heteroatoms. The number of rotatable bonds is 17. The molecule has 0 aliphatic heterocycles. The molecule has 0 saturated heterocycles. The first-order chi connectivity index (χ1) is 19.5. The number of carbonyl (C=O) groups excluding carboxylic acids is 2. The number of benzene rings is 3. The van der Waals surface area contributed by atoms with Crippen molar-refractivity contribution in [2.75, 3.05) is 13.2 Å². The van der Waals surface area contributed by atoms with Gasteiger partial charge >= 0.3 is 11.9 Å².